The lowest BCUT2D eigenvalue weighted by Crippen LogP contribution is -2.15. The monoisotopic (exact) mass is 664 g/mol. The summed E-state index contributed by atoms with van der Waals surface area (Å²) in [5.41, 5.74) is 13.3. The van der Waals surface area contributed by atoms with Crippen LogP contribution in [0.1, 0.15) is 25.0 Å². The molecule has 1 aromatic heterocycles. The van der Waals surface area contributed by atoms with E-state index in [1.165, 1.54) is 65.7 Å². The van der Waals surface area contributed by atoms with Crippen molar-refractivity contribution in [2.75, 3.05) is 4.90 Å². The Morgan fingerprint density at radius 2 is 0.885 bits per heavy atom. The Kier molecular flexibility index (Phi) is 6.87. The van der Waals surface area contributed by atoms with Crippen LogP contribution in [0.15, 0.2) is 182 Å². The lowest BCUT2D eigenvalue weighted by atomic mass is 9.80. The molecule has 0 atom stereocenters. The minimum absolute atomic E-state index is 0.115. The summed E-state index contributed by atoms with van der Waals surface area (Å²) in [5.74, 6) is 0. The summed E-state index contributed by atoms with van der Waals surface area (Å²) in [4.78, 5) is 6.68. The number of pyridine rings is 1. The summed E-state index contributed by atoms with van der Waals surface area (Å²) in [5, 5.41) is 7.87. The highest BCUT2D eigenvalue weighted by molar-refractivity contribution is 6.16. The Morgan fingerprint density at radius 3 is 1.48 bits per heavy atom. The molecule has 0 unspecified atom stereocenters. The van der Waals surface area contributed by atoms with E-state index in [-0.39, 0.29) is 5.41 Å². The Bertz CT molecular complexity index is 2780. The molecule has 246 valence electrons. The molecule has 9 aromatic rings. The van der Waals surface area contributed by atoms with Crippen molar-refractivity contribution in [1.29, 1.82) is 0 Å². The highest BCUT2D eigenvalue weighted by Gasteiger charge is 2.35. The number of fused-ring (bicyclic) bond motifs is 1. The van der Waals surface area contributed by atoms with Gasteiger partial charge >= 0.3 is 0 Å². The minimum Gasteiger partial charge on any atom is -0.310 e. The van der Waals surface area contributed by atoms with E-state index >= 15 is 0 Å². The molecule has 0 fully saturated rings. The predicted molar refractivity (Wildman–Crippen MR) is 220 cm³/mol. The molecule has 8 aromatic carbocycles. The van der Waals surface area contributed by atoms with E-state index in [0.29, 0.717) is 0 Å². The second-order valence-corrected chi connectivity index (χ2v) is 14.5. The molecular weight excluding hydrogens is 629 g/mol. The van der Waals surface area contributed by atoms with Crippen molar-refractivity contribution in [3.63, 3.8) is 0 Å². The summed E-state index contributed by atoms with van der Waals surface area (Å²) in [6, 6.07) is 62.2. The van der Waals surface area contributed by atoms with Crippen LogP contribution in [0.5, 0.6) is 0 Å². The zero-order chi connectivity index (χ0) is 34.8. The van der Waals surface area contributed by atoms with E-state index in [1.807, 2.05) is 18.5 Å². The van der Waals surface area contributed by atoms with Crippen molar-refractivity contribution in [1.82, 2.24) is 4.98 Å². The second-order valence-electron chi connectivity index (χ2n) is 14.5. The topological polar surface area (TPSA) is 16.1 Å². The van der Waals surface area contributed by atoms with Gasteiger partial charge in [-0.3, -0.25) is 4.98 Å². The summed E-state index contributed by atoms with van der Waals surface area (Å²) in [6.07, 6.45) is 3.73. The third kappa shape index (κ3) is 4.91. The van der Waals surface area contributed by atoms with Crippen molar-refractivity contribution < 1.29 is 0 Å². The van der Waals surface area contributed by atoms with Gasteiger partial charge in [-0.05, 0) is 144 Å². The summed E-state index contributed by atoms with van der Waals surface area (Å²) >= 11 is 0. The Balaban J connectivity index is 1.05. The van der Waals surface area contributed by atoms with Crippen LogP contribution in [0, 0.1) is 0 Å². The largest absolute Gasteiger partial charge is 0.310 e. The van der Waals surface area contributed by atoms with Crippen LogP contribution in [-0.4, -0.2) is 4.98 Å². The van der Waals surface area contributed by atoms with Gasteiger partial charge in [-0.1, -0.05) is 117 Å². The Hall–Kier alpha value is -6.51. The molecule has 0 spiro atoms. The van der Waals surface area contributed by atoms with Gasteiger partial charge in [0.15, 0.2) is 0 Å². The van der Waals surface area contributed by atoms with Crippen molar-refractivity contribution >= 4 is 49.4 Å². The van der Waals surface area contributed by atoms with Gasteiger partial charge < -0.3 is 4.90 Å². The molecule has 52 heavy (non-hydrogen) atoms. The molecular formula is C50H36N2. The zero-order valence-electron chi connectivity index (χ0n) is 29.2. The number of anilines is 3. The van der Waals surface area contributed by atoms with Gasteiger partial charge in [-0.15, -0.1) is 0 Å². The average Bonchev–Trinajstić information content (AvgIpc) is 3.44. The fourth-order valence-electron chi connectivity index (χ4n) is 8.33. The van der Waals surface area contributed by atoms with Crippen LogP contribution in [-0.2, 0) is 5.41 Å². The third-order valence-corrected chi connectivity index (χ3v) is 11.1. The molecule has 0 saturated carbocycles. The second kappa shape index (κ2) is 11.8. The van der Waals surface area contributed by atoms with Crippen molar-refractivity contribution in [3.05, 3.63) is 193 Å². The minimum atomic E-state index is -0.115. The van der Waals surface area contributed by atoms with Gasteiger partial charge in [-0.25, -0.2) is 0 Å². The lowest BCUT2D eigenvalue weighted by Gasteiger charge is -2.26. The van der Waals surface area contributed by atoms with Crippen molar-refractivity contribution in [2.24, 2.45) is 0 Å². The van der Waals surface area contributed by atoms with Gasteiger partial charge in [-0.2, -0.15) is 0 Å². The molecule has 0 aliphatic heterocycles. The number of rotatable bonds is 6. The molecule has 1 heterocycles. The Labute approximate surface area is 304 Å². The third-order valence-electron chi connectivity index (χ3n) is 11.1. The van der Waals surface area contributed by atoms with E-state index in [4.69, 9.17) is 0 Å². The molecule has 2 nitrogen and oxygen atoms in total. The molecule has 0 N–H and O–H groups in total. The van der Waals surface area contributed by atoms with Gasteiger partial charge in [0.25, 0.3) is 0 Å². The van der Waals surface area contributed by atoms with Crippen LogP contribution in [0.2, 0.25) is 0 Å². The number of benzene rings is 8. The maximum absolute atomic E-state index is 4.33. The molecule has 10 rings (SSSR count). The Morgan fingerprint density at radius 1 is 0.385 bits per heavy atom. The number of hydrogen-bond acceptors (Lipinski definition) is 2. The van der Waals surface area contributed by atoms with E-state index in [0.717, 1.165) is 28.2 Å². The zero-order valence-corrected chi connectivity index (χ0v) is 29.2. The van der Waals surface area contributed by atoms with Crippen LogP contribution in [0.4, 0.5) is 17.1 Å². The van der Waals surface area contributed by atoms with Gasteiger partial charge in [0.2, 0.25) is 0 Å². The molecule has 0 amide bonds. The maximum atomic E-state index is 4.33. The fraction of sp³-hybridized carbons (Fsp3) is 0.0600. The van der Waals surface area contributed by atoms with Crippen LogP contribution < -0.4 is 4.90 Å². The van der Waals surface area contributed by atoms with E-state index < -0.39 is 0 Å². The van der Waals surface area contributed by atoms with Crippen molar-refractivity contribution in [3.8, 4) is 33.4 Å². The molecule has 2 heteroatoms. The quantitative estimate of drug-likeness (QED) is 0.164. The van der Waals surface area contributed by atoms with Crippen molar-refractivity contribution in [2.45, 2.75) is 19.3 Å². The van der Waals surface area contributed by atoms with Crippen LogP contribution >= 0.6 is 0 Å². The lowest BCUT2D eigenvalue weighted by molar-refractivity contribution is 0.663. The first-order valence-corrected chi connectivity index (χ1v) is 18.0. The summed E-state index contributed by atoms with van der Waals surface area (Å²) in [7, 11) is 0. The first kappa shape index (κ1) is 30.3. The normalized spacial score (nSPS) is 13.0. The highest BCUT2D eigenvalue weighted by Crippen LogP contribution is 2.51. The molecule has 0 bridgehead atoms. The highest BCUT2D eigenvalue weighted by atomic mass is 15.1. The SMILES string of the molecule is CC1(C)c2cc(-c3ccccc3)cc3ccc4cc(-c5ccc(N(c6ccc(-c7cccnc7)cc6)c6ccc7ccccc7c6)cc5)cc1c4c23. The van der Waals surface area contributed by atoms with E-state index in [2.05, 4.69) is 188 Å². The standard InChI is InChI=1S/C50H36N2/c1-50(2)46-30-41(33-9-4-3-5-10-33)27-38-14-15-39-28-42(31-47(50)49(39)48(38)46)36-18-23-44(24-19-36)52(45-25-20-34-11-6-7-12-37(34)29-45)43-21-16-35(17-22-43)40-13-8-26-51-32-40/h3-32H,1-2H3. The predicted octanol–water partition coefficient (Wildman–Crippen LogP) is 13.7. The smallest absolute Gasteiger partial charge is 0.0468 e. The number of aromatic nitrogens is 1. The number of hydrogen-bond donors (Lipinski definition) is 0. The van der Waals surface area contributed by atoms with Crippen LogP contribution in [0.3, 0.4) is 0 Å². The first-order chi connectivity index (χ1) is 25.5. The molecule has 1 aliphatic carbocycles. The van der Waals surface area contributed by atoms with E-state index in [1.54, 1.807) is 0 Å². The van der Waals surface area contributed by atoms with E-state index in [9.17, 15) is 0 Å². The van der Waals surface area contributed by atoms with Gasteiger partial charge in [0.1, 0.15) is 0 Å². The number of nitrogens with zero attached hydrogens (tertiary/aromatic N) is 2. The molecule has 0 saturated heterocycles. The van der Waals surface area contributed by atoms with Crippen LogP contribution in [0.25, 0.3) is 65.7 Å². The summed E-state index contributed by atoms with van der Waals surface area (Å²) < 4.78 is 0. The molecule has 0 radical (unpaired) electrons. The fourth-order valence-corrected chi connectivity index (χ4v) is 8.33. The van der Waals surface area contributed by atoms with Gasteiger partial charge in [0.05, 0.1) is 0 Å². The van der Waals surface area contributed by atoms with Gasteiger partial charge in [0, 0.05) is 34.9 Å². The first-order valence-electron chi connectivity index (χ1n) is 18.0. The average molecular weight is 665 g/mol. The summed E-state index contributed by atoms with van der Waals surface area (Å²) in [6.45, 7) is 4.78. The maximum Gasteiger partial charge on any atom is 0.0468 e. The molecule has 1 aliphatic rings.